The molecule has 0 saturated heterocycles. The summed E-state index contributed by atoms with van der Waals surface area (Å²) in [7, 11) is -1.13. The molecule has 0 N–H and O–H groups in total. The molecule has 0 rings (SSSR count). The van der Waals surface area contributed by atoms with Crippen molar-refractivity contribution < 1.29 is 9.22 Å². The summed E-state index contributed by atoms with van der Waals surface area (Å²) in [6, 6.07) is 0. The van der Waals surface area contributed by atoms with E-state index >= 15 is 0 Å². The standard InChI is InChI=1S/C8H17NO2Si/c1-5-6-8(2,9-7-10)11-12(3)4/h12H,5-6H2,1-4H3. The summed E-state index contributed by atoms with van der Waals surface area (Å²) in [5, 5.41) is 0. The van der Waals surface area contributed by atoms with Crippen LogP contribution in [0.15, 0.2) is 4.99 Å². The molecule has 0 aromatic heterocycles. The number of rotatable bonds is 5. The number of isocyanates is 1. The highest BCUT2D eigenvalue weighted by Crippen LogP contribution is 2.19. The van der Waals surface area contributed by atoms with Crippen LogP contribution < -0.4 is 0 Å². The van der Waals surface area contributed by atoms with Gasteiger partial charge in [-0.2, -0.15) is 4.99 Å². The number of nitrogens with zero attached hydrogens (tertiary/aromatic N) is 1. The molecule has 0 saturated carbocycles. The van der Waals surface area contributed by atoms with Crippen molar-refractivity contribution in [1.29, 1.82) is 0 Å². The van der Waals surface area contributed by atoms with Crippen molar-refractivity contribution in [2.45, 2.75) is 45.5 Å². The molecule has 0 spiro atoms. The average Bonchev–Trinajstić information content (AvgIpc) is 1.85. The fourth-order valence-electron chi connectivity index (χ4n) is 1.21. The largest absolute Gasteiger partial charge is 0.397 e. The average molecular weight is 187 g/mol. The SMILES string of the molecule is CCCC(C)(N=C=O)O[SiH](C)C. The lowest BCUT2D eigenvalue weighted by Crippen LogP contribution is -2.31. The van der Waals surface area contributed by atoms with Gasteiger partial charge in [0.25, 0.3) is 0 Å². The second-order valence-corrected chi connectivity index (χ2v) is 5.63. The quantitative estimate of drug-likeness (QED) is 0.374. The maximum atomic E-state index is 10.1. The van der Waals surface area contributed by atoms with Gasteiger partial charge < -0.3 is 4.43 Å². The Bertz CT molecular complexity index is 178. The van der Waals surface area contributed by atoms with E-state index in [0.29, 0.717) is 0 Å². The Balaban J connectivity index is 4.27. The van der Waals surface area contributed by atoms with E-state index in [1.165, 1.54) is 0 Å². The van der Waals surface area contributed by atoms with Gasteiger partial charge in [0.05, 0.1) is 0 Å². The lowest BCUT2D eigenvalue weighted by Gasteiger charge is -2.25. The molecule has 0 aromatic carbocycles. The van der Waals surface area contributed by atoms with Gasteiger partial charge in [-0.15, -0.1) is 0 Å². The molecule has 1 unspecified atom stereocenters. The van der Waals surface area contributed by atoms with E-state index in [1.54, 1.807) is 6.08 Å². The predicted octanol–water partition coefficient (Wildman–Crippen LogP) is 1.84. The van der Waals surface area contributed by atoms with E-state index in [4.69, 9.17) is 4.43 Å². The van der Waals surface area contributed by atoms with Gasteiger partial charge in [-0.25, -0.2) is 4.79 Å². The van der Waals surface area contributed by atoms with Crippen LogP contribution in [-0.4, -0.2) is 20.8 Å². The zero-order valence-electron chi connectivity index (χ0n) is 8.26. The fourth-order valence-corrected chi connectivity index (χ4v) is 2.40. The van der Waals surface area contributed by atoms with Crippen molar-refractivity contribution in [3.05, 3.63) is 0 Å². The first kappa shape index (κ1) is 11.6. The first-order valence-corrected chi connectivity index (χ1v) is 7.09. The molecule has 0 radical (unpaired) electrons. The zero-order valence-corrected chi connectivity index (χ0v) is 9.41. The molecule has 0 amide bonds. The summed E-state index contributed by atoms with van der Waals surface area (Å²) in [5.41, 5.74) is -0.614. The third kappa shape index (κ3) is 4.44. The number of hydrogen-bond donors (Lipinski definition) is 0. The normalized spacial score (nSPS) is 15.4. The Hall–Kier alpha value is -0.443. The molecule has 0 heterocycles. The smallest absolute Gasteiger partial charge is 0.237 e. The van der Waals surface area contributed by atoms with Gasteiger partial charge in [0.2, 0.25) is 6.08 Å². The monoisotopic (exact) mass is 187 g/mol. The second-order valence-electron chi connectivity index (χ2n) is 3.29. The molecular formula is C8H17NO2Si. The second kappa shape index (κ2) is 5.25. The van der Waals surface area contributed by atoms with Crippen LogP contribution in [0.1, 0.15) is 26.7 Å². The van der Waals surface area contributed by atoms with Crippen LogP contribution in [-0.2, 0) is 9.22 Å². The first-order chi connectivity index (χ1) is 5.54. The van der Waals surface area contributed by atoms with E-state index in [-0.39, 0.29) is 0 Å². The van der Waals surface area contributed by atoms with Gasteiger partial charge in [0.1, 0.15) is 0 Å². The molecule has 0 aliphatic heterocycles. The third-order valence-electron chi connectivity index (χ3n) is 1.49. The number of carbonyl (C=O) groups excluding carboxylic acids is 1. The van der Waals surface area contributed by atoms with Gasteiger partial charge in [-0.05, 0) is 26.4 Å². The van der Waals surface area contributed by atoms with Crippen molar-refractivity contribution >= 4 is 15.1 Å². The maximum Gasteiger partial charge on any atom is 0.237 e. The lowest BCUT2D eigenvalue weighted by atomic mass is 10.1. The first-order valence-electron chi connectivity index (χ1n) is 4.31. The Kier molecular flexibility index (Phi) is 5.05. The van der Waals surface area contributed by atoms with Gasteiger partial charge in [-0.3, -0.25) is 0 Å². The highest BCUT2D eigenvalue weighted by molar-refractivity contribution is 6.48. The van der Waals surface area contributed by atoms with E-state index in [2.05, 4.69) is 18.1 Å². The van der Waals surface area contributed by atoms with Crippen molar-refractivity contribution in [3.63, 3.8) is 0 Å². The molecule has 3 nitrogen and oxygen atoms in total. The molecule has 0 fully saturated rings. The van der Waals surface area contributed by atoms with E-state index in [0.717, 1.165) is 12.8 Å². The van der Waals surface area contributed by atoms with Gasteiger partial charge in [0.15, 0.2) is 14.8 Å². The maximum absolute atomic E-state index is 10.1. The highest BCUT2D eigenvalue weighted by Gasteiger charge is 2.23. The minimum atomic E-state index is -1.13. The van der Waals surface area contributed by atoms with Crippen LogP contribution in [0.3, 0.4) is 0 Å². The molecule has 1 atom stereocenters. The van der Waals surface area contributed by atoms with Crippen molar-refractivity contribution in [2.75, 3.05) is 0 Å². The molecule has 0 bridgehead atoms. The minimum Gasteiger partial charge on any atom is -0.397 e. The van der Waals surface area contributed by atoms with Crippen molar-refractivity contribution in [3.8, 4) is 0 Å². The van der Waals surface area contributed by atoms with Crippen LogP contribution in [0, 0.1) is 0 Å². The molecule has 70 valence electrons. The lowest BCUT2D eigenvalue weighted by molar-refractivity contribution is 0.0879. The van der Waals surface area contributed by atoms with E-state index < -0.39 is 14.8 Å². The highest BCUT2D eigenvalue weighted by atomic mass is 28.3. The Labute approximate surface area is 75.6 Å². The van der Waals surface area contributed by atoms with Crippen molar-refractivity contribution in [2.24, 2.45) is 4.99 Å². The summed E-state index contributed by atoms with van der Waals surface area (Å²) >= 11 is 0. The molecule has 4 heteroatoms. The van der Waals surface area contributed by atoms with Crippen LogP contribution in [0.5, 0.6) is 0 Å². The van der Waals surface area contributed by atoms with Crippen LogP contribution >= 0.6 is 0 Å². The Morgan fingerprint density at radius 1 is 1.58 bits per heavy atom. The topological polar surface area (TPSA) is 38.7 Å². The van der Waals surface area contributed by atoms with Crippen molar-refractivity contribution in [1.82, 2.24) is 0 Å². The Morgan fingerprint density at radius 3 is 2.50 bits per heavy atom. The summed E-state index contributed by atoms with van der Waals surface area (Å²) in [5.74, 6) is 0. The number of aliphatic imine (C=N–C) groups is 1. The third-order valence-corrected chi connectivity index (χ3v) is 2.46. The van der Waals surface area contributed by atoms with Gasteiger partial charge in [0, 0.05) is 0 Å². The summed E-state index contributed by atoms with van der Waals surface area (Å²) < 4.78 is 5.63. The molecule has 0 aliphatic rings. The van der Waals surface area contributed by atoms with E-state index in [1.807, 2.05) is 13.8 Å². The number of hydrogen-bond acceptors (Lipinski definition) is 3. The summed E-state index contributed by atoms with van der Waals surface area (Å²) in [6.07, 6.45) is 3.32. The molecule has 0 aromatic rings. The van der Waals surface area contributed by atoms with Gasteiger partial charge in [-0.1, -0.05) is 13.3 Å². The molecule has 12 heavy (non-hydrogen) atoms. The molecule has 0 aliphatic carbocycles. The summed E-state index contributed by atoms with van der Waals surface area (Å²) in [6.45, 7) is 8.01. The Morgan fingerprint density at radius 2 is 2.17 bits per heavy atom. The predicted molar refractivity (Wildman–Crippen MR) is 51.4 cm³/mol. The minimum absolute atomic E-state index is 0.614. The van der Waals surface area contributed by atoms with E-state index in [9.17, 15) is 4.79 Å². The van der Waals surface area contributed by atoms with Crippen LogP contribution in [0.25, 0.3) is 0 Å². The molecular weight excluding hydrogens is 170 g/mol. The fraction of sp³-hybridized carbons (Fsp3) is 0.875. The summed E-state index contributed by atoms with van der Waals surface area (Å²) in [4.78, 5) is 13.8. The van der Waals surface area contributed by atoms with Gasteiger partial charge >= 0.3 is 0 Å². The zero-order chi connectivity index (χ0) is 9.61. The van der Waals surface area contributed by atoms with Crippen LogP contribution in [0.4, 0.5) is 0 Å². The van der Waals surface area contributed by atoms with Crippen LogP contribution in [0.2, 0.25) is 13.1 Å².